The maximum Gasteiger partial charge on any atom is 0.317 e. The van der Waals surface area contributed by atoms with Crippen LogP contribution in [0.5, 0.6) is 0 Å². The molecule has 1 N–H and O–H groups in total. The summed E-state index contributed by atoms with van der Waals surface area (Å²) in [6, 6.07) is 8.63. The third-order valence-electron chi connectivity index (χ3n) is 6.88. The Morgan fingerprint density at radius 3 is 2.10 bits per heavy atom. The van der Waals surface area contributed by atoms with Crippen molar-refractivity contribution in [2.24, 2.45) is 11.8 Å². The zero-order valence-corrected chi connectivity index (χ0v) is 19.6. The molecule has 172 valence electrons. The summed E-state index contributed by atoms with van der Waals surface area (Å²) in [6.45, 7) is 12.6. The molecule has 1 aromatic rings. The fourth-order valence-corrected chi connectivity index (χ4v) is 4.50. The van der Waals surface area contributed by atoms with Crippen molar-refractivity contribution in [2.45, 2.75) is 58.9 Å². The lowest BCUT2D eigenvalue weighted by molar-refractivity contribution is -0.141. The number of benzene rings is 1. The van der Waals surface area contributed by atoms with E-state index >= 15 is 0 Å². The second-order valence-corrected chi connectivity index (χ2v) is 9.35. The van der Waals surface area contributed by atoms with Crippen LogP contribution in [0.1, 0.15) is 70.0 Å². The van der Waals surface area contributed by atoms with Crippen LogP contribution in [0.2, 0.25) is 0 Å². The highest BCUT2D eigenvalue weighted by atomic mass is 16.5. The highest BCUT2D eigenvalue weighted by Crippen LogP contribution is 2.26. The van der Waals surface area contributed by atoms with Crippen molar-refractivity contribution < 1.29 is 14.3 Å². The largest absolute Gasteiger partial charge is 0.378 e. The van der Waals surface area contributed by atoms with E-state index in [9.17, 15) is 9.59 Å². The number of ether oxygens (including phenoxy) is 1. The van der Waals surface area contributed by atoms with E-state index in [0.29, 0.717) is 51.2 Å². The number of nitrogens with zero attached hydrogens (tertiary/aromatic N) is 2. The van der Waals surface area contributed by atoms with Crippen molar-refractivity contribution in [1.29, 1.82) is 0 Å². The van der Waals surface area contributed by atoms with Gasteiger partial charge in [-0.15, -0.1) is 0 Å². The van der Waals surface area contributed by atoms with Crippen LogP contribution >= 0.6 is 0 Å². The third kappa shape index (κ3) is 6.00. The first-order valence-electron chi connectivity index (χ1n) is 11.9. The van der Waals surface area contributed by atoms with Crippen LogP contribution in [0.3, 0.4) is 0 Å². The number of piperidine rings is 1. The Bertz CT molecular complexity index is 720. The minimum absolute atomic E-state index is 0.0220. The van der Waals surface area contributed by atoms with Crippen molar-refractivity contribution in [1.82, 2.24) is 15.1 Å². The van der Waals surface area contributed by atoms with Crippen LogP contribution in [0.15, 0.2) is 24.3 Å². The fraction of sp³-hybridized carbons (Fsp3) is 0.680. The number of likely N-dealkylation sites (tertiary alicyclic amines) is 1. The van der Waals surface area contributed by atoms with Gasteiger partial charge in [0.05, 0.1) is 19.3 Å². The number of carbonyl (C=O) groups excluding carboxylic acids is 2. The first-order chi connectivity index (χ1) is 14.9. The van der Waals surface area contributed by atoms with Gasteiger partial charge in [-0.2, -0.15) is 0 Å². The lowest BCUT2D eigenvalue weighted by Gasteiger charge is -2.36. The summed E-state index contributed by atoms with van der Waals surface area (Å²) >= 11 is 0. The molecule has 6 nitrogen and oxygen atoms in total. The average molecular weight is 430 g/mol. The number of hydrogen-bond donors (Lipinski definition) is 1. The molecular weight excluding hydrogens is 390 g/mol. The summed E-state index contributed by atoms with van der Waals surface area (Å²) in [4.78, 5) is 29.5. The molecule has 2 heterocycles. The third-order valence-corrected chi connectivity index (χ3v) is 6.88. The van der Waals surface area contributed by atoms with Gasteiger partial charge in [-0.25, -0.2) is 4.79 Å². The van der Waals surface area contributed by atoms with Gasteiger partial charge in [0.1, 0.15) is 0 Å². The van der Waals surface area contributed by atoms with Gasteiger partial charge in [-0.05, 0) is 42.2 Å². The number of nitrogens with one attached hydrogen (secondary N) is 1. The molecule has 31 heavy (non-hydrogen) atoms. The molecule has 2 atom stereocenters. The van der Waals surface area contributed by atoms with Crippen molar-refractivity contribution in [2.75, 3.05) is 39.4 Å². The van der Waals surface area contributed by atoms with Crippen molar-refractivity contribution >= 4 is 11.9 Å². The van der Waals surface area contributed by atoms with Gasteiger partial charge in [-0.3, -0.25) is 4.79 Å². The normalized spacial score (nSPS) is 19.9. The SMILES string of the molecule is CCC(C)c1ccc(C(NC(=O)N2CCC(C(=O)N3CCOCC3)CC2)C(C)C)cc1. The summed E-state index contributed by atoms with van der Waals surface area (Å²) < 4.78 is 5.35. The van der Waals surface area contributed by atoms with Crippen LogP contribution in [-0.4, -0.2) is 61.1 Å². The van der Waals surface area contributed by atoms with E-state index in [1.54, 1.807) is 0 Å². The quantitative estimate of drug-likeness (QED) is 0.738. The molecule has 3 rings (SSSR count). The van der Waals surface area contributed by atoms with Gasteiger partial charge in [0, 0.05) is 32.1 Å². The number of urea groups is 1. The number of hydrogen-bond acceptors (Lipinski definition) is 3. The zero-order chi connectivity index (χ0) is 22.4. The topological polar surface area (TPSA) is 61.9 Å². The van der Waals surface area contributed by atoms with E-state index in [0.717, 1.165) is 24.8 Å². The van der Waals surface area contributed by atoms with Crippen LogP contribution in [0.4, 0.5) is 4.79 Å². The molecule has 2 aliphatic rings. The monoisotopic (exact) mass is 429 g/mol. The van der Waals surface area contributed by atoms with Gasteiger partial charge >= 0.3 is 6.03 Å². The van der Waals surface area contributed by atoms with Gasteiger partial charge in [0.25, 0.3) is 0 Å². The van der Waals surface area contributed by atoms with Gasteiger partial charge in [0.2, 0.25) is 5.91 Å². The number of rotatable bonds is 6. The van der Waals surface area contributed by atoms with Gasteiger partial charge in [0.15, 0.2) is 0 Å². The predicted molar refractivity (Wildman–Crippen MR) is 123 cm³/mol. The molecule has 0 bridgehead atoms. The number of carbonyl (C=O) groups is 2. The van der Waals surface area contributed by atoms with Crippen LogP contribution in [0.25, 0.3) is 0 Å². The minimum Gasteiger partial charge on any atom is -0.378 e. The molecule has 0 saturated carbocycles. The van der Waals surface area contributed by atoms with Crippen molar-refractivity contribution in [3.05, 3.63) is 35.4 Å². The van der Waals surface area contributed by atoms with E-state index in [4.69, 9.17) is 4.74 Å². The standard InChI is InChI=1S/C25H39N3O3/c1-5-19(4)20-6-8-21(9-7-20)23(18(2)3)26-25(30)28-12-10-22(11-13-28)24(29)27-14-16-31-17-15-27/h6-9,18-19,22-23H,5,10-17H2,1-4H3,(H,26,30). The Morgan fingerprint density at radius 1 is 0.968 bits per heavy atom. The summed E-state index contributed by atoms with van der Waals surface area (Å²) in [6.07, 6.45) is 2.59. The zero-order valence-electron chi connectivity index (χ0n) is 19.6. The second kappa shape index (κ2) is 11.0. The molecule has 0 aliphatic carbocycles. The highest BCUT2D eigenvalue weighted by molar-refractivity contribution is 5.80. The average Bonchev–Trinajstić information content (AvgIpc) is 2.82. The maximum absolute atomic E-state index is 13.0. The Hall–Kier alpha value is -2.08. The molecule has 0 spiro atoms. The fourth-order valence-electron chi connectivity index (χ4n) is 4.50. The van der Waals surface area contributed by atoms with E-state index in [-0.39, 0.29) is 23.9 Å². The van der Waals surface area contributed by atoms with E-state index < -0.39 is 0 Å². The summed E-state index contributed by atoms with van der Waals surface area (Å²) in [5.74, 6) is 1.09. The number of morpholine rings is 1. The molecule has 2 aliphatic heterocycles. The number of amides is 3. The van der Waals surface area contributed by atoms with Crippen LogP contribution in [0, 0.1) is 11.8 Å². The van der Waals surface area contributed by atoms with E-state index in [1.165, 1.54) is 5.56 Å². The Balaban J connectivity index is 1.55. The highest BCUT2D eigenvalue weighted by Gasteiger charge is 2.31. The molecule has 2 saturated heterocycles. The lowest BCUT2D eigenvalue weighted by atomic mass is 9.92. The van der Waals surface area contributed by atoms with E-state index in [1.807, 2.05) is 9.80 Å². The molecule has 0 radical (unpaired) electrons. The van der Waals surface area contributed by atoms with Crippen molar-refractivity contribution in [3.63, 3.8) is 0 Å². The summed E-state index contributed by atoms with van der Waals surface area (Å²) in [7, 11) is 0. The molecule has 0 aromatic heterocycles. The molecule has 1 aromatic carbocycles. The molecule has 6 heteroatoms. The molecular formula is C25H39N3O3. The van der Waals surface area contributed by atoms with Crippen LogP contribution < -0.4 is 5.32 Å². The lowest BCUT2D eigenvalue weighted by Crippen LogP contribution is -2.50. The Labute approximate surface area is 187 Å². The first-order valence-corrected chi connectivity index (χ1v) is 11.9. The van der Waals surface area contributed by atoms with Crippen molar-refractivity contribution in [3.8, 4) is 0 Å². The summed E-state index contributed by atoms with van der Waals surface area (Å²) in [5.41, 5.74) is 2.49. The smallest absolute Gasteiger partial charge is 0.317 e. The minimum atomic E-state index is -0.0259. The maximum atomic E-state index is 13.0. The molecule has 3 amide bonds. The molecule has 2 fully saturated rings. The van der Waals surface area contributed by atoms with Crippen LogP contribution in [-0.2, 0) is 9.53 Å². The Kier molecular flexibility index (Phi) is 8.35. The Morgan fingerprint density at radius 2 is 1.55 bits per heavy atom. The first kappa shape index (κ1) is 23.6. The summed E-state index contributed by atoms with van der Waals surface area (Å²) in [5, 5.41) is 3.25. The second-order valence-electron chi connectivity index (χ2n) is 9.35. The van der Waals surface area contributed by atoms with E-state index in [2.05, 4.69) is 57.3 Å². The van der Waals surface area contributed by atoms with Gasteiger partial charge in [-0.1, -0.05) is 52.0 Å². The van der Waals surface area contributed by atoms with Gasteiger partial charge < -0.3 is 19.9 Å². The molecule has 2 unspecified atom stereocenters. The predicted octanol–water partition coefficient (Wildman–Crippen LogP) is 4.18.